The lowest BCUT2D eigenvalue weighted by atomic mass is 10.2. The van der Waals surface area contributed by atoms with Gasteiger partial charge < -0.3 is 19.6 Å². The Labute approximate surface area is 123 Å². The van der Waals surface area contributed by atoms with Gasteiger partial charge in [0.2, 0.25) is 0 Å². The number of halogens is 1. The fourth-order valence-electron chi connectivity index (χ4n) is 1.93. The average Bonchev–Trinajstić information content (AvgIpc) is 2.87. The van der Waals surface area contributed by atoms with Crippen LogP contribution in [0.3, 0.4) is 0 Å². The van der Waals surface area contributed by atoms with Crippen molar-refractivity contribution in [1.29, 1.82) is 0 Å². The zero-order valence-corrected chi connectivity index (χ0v) is 12.4. The predicted octanol–water partition coefficient (Wildman–Crippen LogP) is 2.05. The van der Waals surface area contributed by atoms with Crippen LogP contribution in [0.5, 0.6) is 5.75 Å². The Hall–Kier alpha value is -1.49. The maximum absolute atomic E-state index is 9.21. The van der Waals surface area contributed by atoms with Crippen LogP contribution in [-0.2, 0) is 6.54 Å². The van der Waals surface area contributed by atoms with Gasteiger partial charge in [-0.2, -0.15) is 0 Å². The zero-order valence-electron chi connectivity index (χ0n) is 11.6. The molecular formula is C15H19ClNO3+. The summed E-state index contributed by atoms with van der Waals surface area (Å²) in [5.41, 5.74) is 0.914. The first-order chi connectivity index (χ1) is 9.60. The van der Waals surface area contributed by atoms with Gasteiger partial charge in [0, 0.05) is 5.56 Å². The fourth-order valence-corrected chi connectivity index (χ4v) is 2.19. The van der Waals surface area contributed by atoms with E-state index in [1.165, 1.54) is 0 Å². The molecule has 0 unspecified atom stereocenters. The van der Waals surface area contributed by atoms with Crippen molar-refractivity contribution in [2.75, 3.05) is 13.7 Å². The number of quaternary nitrogens is 1. The molecule has 1 aromatic carbocycles. The minimum Gasteiger partial charge on any atom is -0.495 e. The quantitative estimate of drug-likeness (QED) is 0.858. The molecule has 1 aromatic heterocycles. The molecule has 108 valence electrons. The standard InChI is InChI=1S/C15H18ClNO3/c1-10(18)8-17-9-12-4-6-14(20-12)11-3-5-15(19-2)13(16)7-11/h3-7,10,17-18H,8-9H2,1-2H3/p+1/t10-/m0/s1. The van der Waals surface area contributed by atoms with Gasteiger partial charge >= 0.3 is 0 Å². The summed E-state index contributed by atoms with van der Waals surface area (Å²) in [4.78, 5) is 0. The van der Waals surface area contributed by atoms with Crippen LogP contribution >= 0.6 is 11.6 Å². The van der Waals surface area contributed by atoms with Crippen LogP contribution < -0.4 is 10.1 Å². The monoisotopic (exact) mass is 296 g/mol. The van der Waals surface area contributed by atoms with Gasteiger partial charge in [-0.05, 0) is 37.3 Å². The maximum atomic E-state index is 9.21. The first-order valence-corrected chi connectivity index (χ1v) is 6.90. The van der Waals surface area contributed by atoms with E-state index >= 15 is 0 Å². The second kappa shape index (κ2) is 6.79. The Morgan fingerprint density at radius 1 is 1.35 bits per heavy atom. The minimum absolute atomic E-state index is 0.315. The van der Waals surface area contributed by atoms with Crippen LogP contribution in [0.1, 0.15) is 12.7 Å². The van der Waals surface area contributed by atoms with Crippen molar-refractivity contribution in [2.45, 2.75) is 19.6 Å². The number of furan rings is 1. The van der Waals surface area contributed by atoms with Gasteiger partial charge in [0.25, 0.3) is 0 Å². The second-order valence-corrected chi connectivity index (χ2v) is 5.10. The van der Waals surface area contributed by atoms with Crippen LogP contribution in [0.25, 0.3) is 11.3 Å². The van der Waals surface area contributed by atoms with Crippen molar-refractivity contribution in [3.63, 3.8) is 0 Å². The van der Waals surface area contributed by atoms with Gasteiger partial charge in [0.1, 0.15) is 24.6 Å². The number of hydrogen-bond donors (Lipinski definition) is 2. The van der Waals surface area contributed by atoms with E-state index in [0.717, 1.165) is 17.1 Å². The highest BCUT2D eigenvalue weighted by atomic mass is 35.5. The van der Waals surface area contributed by atoms with E-state index in [1.807, 2.05) is 35.6 Å². The summed E-state index contributed by atoms with van der Waals surface area (Å²) < 4.78 is 10.9. The van der Waals surface area contributed by atoms with Crippen molar-refractivity contribution >= 4 is 11.6 Å². The highest BCUT2D eigenvalue weighted by molar-refractivity contribution is 6.32. The molecule has 1 heterocycles. The Morgan fingerprint density at radius 2 is 2.15 bits per heavy atom. The van der Waals surface area contributed by atoms with Crippen molar-refractivity contribution in [2.24, 2.45) is 0 Å². The summed E-state index contributed by atoms with van der Waals surface area (Å²) in [6, 6.07) is 9.41. The van der Waals surface area contributed by atoms with E-state index in [4.69, 9.17) is 20.8 Å². The van der Waals surface area contributed by atoms with Crippen LogP contribution in [-0.4, -0.2) is 24.9 Å². The number of rotatable bonds is 6. The third-order valence-corrected chi connectivity index (χ3v) is 3.25. The molecule has 3 N–H and O–H groups in total. The van der Waals surface area contributed by atoms with Crippen LogP contribution in [0.4, 0.5) is 0 Å². The summed E-state index contributed by atoms with van der Waals surface area (Å²) in [7, 11) is 1.59. The number of benzene rings is 1. The molecule has 0 radical (unpaired) electrons. The highest BCUT2D eigenvalue weighted by Gasteiger charge is 2.09. The Kier molecular flexibility index (Phi) is 5.06. The third kappa shape index (κ3) is 3.76. The number of hydrogen-bond acceptors (Lipinski definition) is 3. The topological polar surface area (TPSA) is 59.2 Å². The number of nitrogens with two attached hydrogens (primary N) is 1. The van der Waals surface area contributed by atoms with E-state index in [2.05, 4.69) is 0 Å². The van der Waals surface area contributed by atoms with E-state index in [-0.39, 0.29) is 6.10 Å². The first kappa shape index (κ1) is 14.9. The molecule has 0 spiro atoms. The number of methoxy groups -OCH3 is 1. The number of aliphatic hydroxyl groups excluding tert-OH is 1. The lowest BCUT2D eigenvalue weighted by molar-refractivity contribution is -0.677. The molecule has 0 fully saturated rings. The third-order valence-electron chi connectivity index (χ3n) is 2.95. The van der Waals surface area contributed by atoms with E-state index in [0.29, 0.717) is 23.9 Å². The van der Waals surface area contributed by atoms with Gasteiger partial charge in [-0.25, -0.2) is 0 Å². The molecule has 4 nitrogen and oxygen atoms in total. The maximum Gasteiger partial charge on any atom is 0.158 e. The molecular weight excluding hydrogens is 278 g/mol. The largest absolute Gasteiger partial charge is 0.495 e. The Balaban J connectivity index is 2.06. The zero-order chi connectivity index (χ0) is 14.5. The molecule has 0 saturated heterocycles. The molecule has 0 bridgehead atoms. The molecule has 0 saturated carbocycles. The van der Waals surface area contributed by atoms with Gasteiger partial charge in [0.05, 0.1) is 18.2 Å². The van der Waals surface area contributed by atoms with E-state index < -0.39 is 0 Å². The van der Waals surface area contributed by atoms with Crippen molar-refractivity contribution < 1.29 is 19.6 Å². The average molecular weight is 297 g/mol. The summed E-state index contributed by atoms with van der Waals surface area (Å²) in [5, 5.41) is 11.8. The fraction of sp³-hybridized carbons (Fsp3) is 0.333. The smallest absolute Gasteiger partial charge is 0.158 e. The molecule has 0 aliphatic rings. The summed E-state index contributed by atoms with van der Waals surface area (Å²) in [5.74, 6) is 2.29. The van der Waals surface area contributed by atoms with Gasteiger partial charge in [0.15, 0.2) is 5.76 Å². The normalized spacial score (nSPS) is 12.4. The predicted molar refractivity (Wildman–Crippen MR) is 77.9 cm³/mol. The van der Waals surface area contributed by atoms with E-state index in [1.54, 1.807) is 14.0 Å². The van der Waals surface area contributed by atoms with Crippen molar-refractivity contribution in [3.8, 4) is 17.1 Å². The Bertz CT molecular complexity index is 566. The van der Waals surface area contributed by atoms with Crippen molar-refractivity contribution in [3.05, 3.63) is 41.1 Å². The van der Waals surface area contributed by atoms with Crippen LogP contribution in [0.2, 0.25) is 5.02 Å². The molecule has 0 aliphatic carbocycles. The molecule has 1 atom stereocenters. The summed E-state index contributed by atoms with van der Waals surface area (Å²) in [6.07, 6.45) is -0.315. The highest BCUT2D eigenvalue weighted by Crippen LogP contribution is 2.30. The van der Waals surface area contributed by atoms with E-state index in [9.17, 15) is 5.11 Å². The van der Waals surface area contributed by atoms with Gasteiger partial charge in [-0.3, -0.25) is 0 Å². The van der Waals surface area contributed by atoms with Crippen LogP contribution in [0.15, 0.2) is 34.7 Å². The van der Waals surface area contributed by atoms with Gasteiger partial charge in [-0.1, -0.05) is 11.6 Å². The second-order valence-electron chi connectivity index (χ2n) is 4.69. The Morgan fingerprint density at radius 3 is 2.80 bits per heavy atom. The lowest BCUT2D eigenvalue weighted by Crippen LogP contribution is -2.84. The van der Waals surface area contributed by atoms with Crippen molar-refractivity contribution in [1.82, 2.24) is 0 Å². The van der Waals surface area contributed by atoms with Crippen LogP contribution in [0, 0.1) is 0 Å². The van der Waals surface area contributed by atoms with Gasteiger partial charge in [-0.15, -0.1) is 0 Å². The molecule has 0 amide bonds. The first-order valence-electron chi connectivity index (χ1n) is 6.52. The number of ether oxygens (including phenoxy) is 1. The SMILES string of the molecule is COc1ccc(-c2ccc(C[NH2+]C[C@H](C)O)o2)cc1Cl. The molecule has 2 rings (SSSR count). The summed E-state index contributed by atoms with van der Waals surface area (Å²) in [6.45, 7) is 3.13. The molecule has 2 aromatic rings. The molecule has 20 heavy (non-hydrogen) atoms. The summed E-state index contributed by atoms with van der Waals surface area (Å²) >= 11 is 6.10. The molecule has 0 aliphatic heterocycles. The number of aliphatic hydroxyl groups is 1. The lowest BCUT2D eigenvalue weighted by Gasteiger charge is -2.04. The minimum atomic E-state index is -0.315. The molecule has 5 heteroatoms.